The molecule has 6 rings (SSSR count). The number of imidazole rings is 1. The molecule has 32 heavy (non-hydrogen) atoms. The molecule has 3 aliphatic heterocycles. The lowest BCUT2D eigenvalue weighted by atomic mass is 9.93. The number of halogens is 1. The second kappa shape index (κ2) is 8.01. The fourth-order valence-electron chi connectivity index (χ4n) is 6.06. The molecule has 0 amide bonds. The van der Waals surface area contributed by atoms with Gasteiger partial charge < -0.3 is 10.2 Å². The number of pyridine rings is 2. The lowest BCUT2D eigenvalue weighted by Crippen LogP contribution is -2.52. The number of fused-ring (bicyclic) bond motifs is 3. The molecular weight excluding hydrogens is 420 g/mol. The number of nitrogens with one attached hydrogen (secondary N) is 1. The molecule has 0 radical (unpaired) electrons. The number of piperidine rings is 1. The van der Waals surface area contributed by atoms with E-state index in [-0.39, 0.29) is 12.1 Å². The maximum absolute atomic E-state index is 7.06. The SMILES string of the molecule is Cc1cccnc1[C@@H]1CCC[C@H](c2nc3cccc(N4CC5CCC(C4)N5C)n3c2Cl)N1. The van der Waals surface area contributed by atoms with Crippen molar-refractivity contribution in [3.05, 3.63) is 58.6 Å². The van der Waals surface area contributed by atoms with Crippen molar-refractivity contribution in [2.75, 3.05) is 25.0 Å². The van der Waals surface area contributed by atoms with Gasteiger partial charge in [-0.15, -0.1) is 0 Å². The van der Waals surface area contributed by atoms with Crippen molar-refractivity contribution in [3.8, 4) is 0 Å². The van der Waals surface area contributed by atoms with Gasteiger partial charge in [-0.3, -0.25) is 14.3 Å². The summed E-state index contributed by atoms with van der Waals surface area (Å²) in [5, 5.41) is 4.56. The first kappa shape index (κ1) is 20.5. The van der Waals surface area contributed by atoms with Crippen LogP contribution in [-0.2, 0) is 0 Å². The van der Waals surface area contributed by atoms with Crippen LogP contribution in [0, 0.1) is 6.92 Å². The van der Waals surface area contributed by atoms with E-state index in [1.165, 1.54) is 24.2 Å². The molecule has 0 aliphatic carbocycles. The number of anilines is 1. The normalized spacial score (nSPS) is 28.5. The van der Waals surface area contributed by atoms with Crippen molar-refractivity contribution in [2.45, 2.75) is 63.2 Å². The largest absolute Gasteiger partial charge is 0.355 e. The van der Waals surface area contributed by atoms with E-state index in [1.54, 1.807) is 0 Å². The molecule has 3 saturated heterocycles. The zero-order valence-corrected chi connectivity index (χ0v) is 19.6. The summed E-state index contributed by atoms with van der Waals surface area (Å²) in [5.74, 6) is 1.17. The summed E-state index contributed by atoms with van der Waals surface area (Å²) in [6.45, 7) is 4.25. The van der Waals surface area contributed by atoms with Crippen LogP contribution in [0.25, 0.3) is 5.65 Å². The summed E-state index contributed by atoms with van der Waals surface area (Å²) in [5.41, 5.74) is 4.28. The number of piperazine rings is 1. The number of aryl methyl sites for hydroxylation is 1. The van der Waals surface area contributed by atoms with Crippen molar-refractivity contribution in [1.29, 1.82) is 0 Å². The summed E-state index contributed by atoms with van der Waals surface area (Å²) in [6.07, 6.45) is 7.74. The number of likely N-dealkylation sites (N-methyl/N-ethyl adjacent to an activating group) is 1. The highest BCUT2D eigenvalue weighted by Gasteiger charge is 2.38. The highest BCUT2D eigenvalue weighted by molar-refractivity contribution is 6.30. The van der Waals surface area contributed by atoms with Crippen LogP contribution in [0.4, 0.5) is 5.82 Å². The van der Waals surface area contributed by atoms with E-state index >= 15 is 0 Å². The Morgan fingerprint density at radius 2 is 1.72 bits per heavy atom. The molecule has 0 saturated carbocycles. The van der Waals surface area contributed by atoms with Crippen LogP contribution in [-0.4, -0.2) is 51.5 Å². The first-order chi connectivity index (χ1) is 15.6. The second-order valence-electron chi connectivity index (χ2n) is 9.73. The number of hydrogen-bond acceptors (Lipinski definition) is 5. The molecule has 6 nitrogen and oxygen atoms in total. The average molecular weight is 451 g/mol. The number of hydrogen-bond donors (Lipinski definition) is 1. The Bertz CT molecular complexity index is 1130. The lowest BCUT2D eigenvalue weighted by Gasteiger charge is -2.40. The van der Waals surface area contributed by atoms with Crippen LogP contribution in [0.15, 0.2) is 36.5 Å². The van der Waals surface area contributed by atoms with Crippen molar-refractivity contribution in [3.63, 3.8) is 0 Å². The topological polar surface area (TPSA) is 48.7 Å². The van der Waals surface area contributed by atoms with Crippen LogP contribution < -0.4 is 10.2 Å². The quantitative estimate of drug-likeness (QED) is 0.635. The Morgan fingerprint density at radius 1 is 0.969 bits per heavy atom. The summed E-state index contributed by atoms with van der Waals surface area (Å²) in [4.78, 5) is 14.8. The van der Waals surface area contributed by atoms with Crippen LogP contribution in [0.5, 0.6) is 0 Å². The van der Waals surface area contributed by atoms with E-state index in [1.807, 2.05) is 12.3 Å². The highest BCUT2D eigenvalue weighted by Crippen LogP contribution is 2.38. The monoisotopic (exact) mass is 450 g/mol. The molecule has 3 aliphatic rings. The third-order valence-electron chi connectivity index (χ3n) is 7.86. The summed E-state index contributed by atoms with van der Waals surface area (Å²) >= 11 is 7.06. The van der Waals surface area contributed by atoms with Gasteiger partial charge in [0.2, 0.25) is 0 Å². The molecule has 6 heterocycles. The van der Waals surface area contributed by atoms with Crippen molar-refractivity contribution >= 4 is 23.1 Å². The minimum absolute atomic E-state index is 0.138. The van der Waals surface area contributed by atoms with Gasteiger partial charge >= 0.3 is 0 Å². The van der Waals surface area contributed by atoms with Gasteiger partial charge in [-0.1, -0.05) is 23.7 Å². The van der Waals surface area contributed by atoms with Gasteiger partial charge in [0.15, 0.2) is 0 Å². The van der Waals surface area contributed by atoms with Gasteiger partial charge in [-0.05, 0) is 69.8 Å². The molecule has 7 heteroatoms. The Kier molecular flexibility index (Phi) is 5.12. The van der Waals surface area contributed by atoms with Gasteiger partial charge in [0.05, 0.1) is 23.5 Å². The standard InChI is InChI=1S/C25H31ClN6/c1-16-6-5-13-27-23(16)19-7-3-8-20(28-19)24-25(26)32-21(29-24)9-4-10-22(32)31-14-17-11-12-18(15-31)30(17)2/h4-6,9-10,13,17-20,28H,3,7-8,11-12,14-15H2,1-2H3/t17?,18?,19-,20+/m0/s1. The zero-order valence-electron chi connectivity index (χ0n) is 18.8. The molecule has 0 spiro atoms. The Morgan fingerprint density at radius 3 is 2.47 bits per heavy atom. The Balaban J connectivity index is 1.33. The molecule has 2 bridgehead atoms. The van der Waals surface area contributed by atoms with Crippen LogP contribution in [0.1, 0.15) is 61.1 Å². The Labute approximate surface area is 194 Å². The summed E-state index contributed by atoms with van der Waals surface area (Å²) in [7, 11) is 2.27. The van der Waals surface area contributed by atoms with E-state index < -0.39 is 0 Å². The third-order valence-corrected chi connectivity index (χ3v) is 8.22. The predicted octanol–water partition coefficient (Wildman–Crippen LogP) is 4.53. The minimum atomic E-state index is 0.138. The second-order valence-corrected chi connectivity index (χ2v) is 10.1. The van der Waals surface area contributed by atoms with Gasteiger partial charge in [-0.2, -0.15) is 0 Å². The van der Waals surface area contributed by atoms with Crippen molar-refractivity contribution < 1.29 is 0 Å². The first-order valence-corrected chi connectivity index (χ1v) is 12.3. The molecule has 2 unspecified atom stereocenters. The molecule has 3 aromatic rings. The lowest BCUT2D eigenvalue weighted by molar-refractivity contribution is 0.211. The van der Waals surface area contributed by atoms with Gasteiger partial charge in [0, 0.05) is 31.4 Å². The number of rotatable bonds is 3. The highest BCUT2D eigenvalue weighted by atomic mass is 35.5. The number of nitrogens with zero attached hydrogens (tertiary/aromatic N) is 5. The third kappa shape index (κ3) is 3.31. The molecule has 1 N–H and O–H groups in total. The molecule has 3 fully saturated rings. The van der Waals surface area contributed by atoms with Crippen LogP contribution in [0.3, 0.4) is 0 Å². The predicted molar refractivity (Wildman–Crippen MR) is 128 cm³/mol. The maximum Gasteiger partial charge on any atom is 0.139 e. The van der Waals surface area contributed by atoms with Crippen molar-refractivity contribution in [2.24, 2.45) is 0 Å². The molecule has 0 aromatic carbocycles. The van der Waals surface area contributed by atoms with E-state index in [4.69, 9.17) is 16.6 Å². The Hall–Kier alpha value is -2.15. The maximum atomic E-state index is 7.06. The average Bonchev–Trinajstić information content (AvgIpc) is 3.23. The molecule has 3 aromatic heterocycles. The van der Waals surface area contributed by atoms with Crippen LogP contribution in [0.2, 0.25) is 5.15 Å². The smallest absolute Gasteiger partial charge is 0.139 e. The molecule has 4 atom stereocenters. The van der Waals surface area contributed by atoms with Gasteiger partial charge in [0.25, 0.3) is 0 Å². The summed E-state index contributed by atoms with van der Waals surface area (Å²) in [6, 6.07) is 12.2. The summed E-state index contributed by atoms with van der Waals surface area (Å²) < 4.78 is 2.17. The fourth-order valence-corrected chi connectivity index (χ4v) is 6.41. The van der Waals surface area contributed by atoms with Crippen LogP contribution >= 0.6 is 11.6 Å². The van der Waals surface area contributed by atoms with Gasteiger partial charge in [-0.25, -0.2) is 4.98 Å². The first-order valence-electron chi connectivity index (χ1n) is 11.9. The van der Waals surface area contributed by atoms with E-state index in [0.717, 1.165) is 54.5 Å². The molecular formula is C25H31ClN6. The van der Waals surface area contributed by atoms with E-state index in [9.17, 15) is 0 Å². The van der Waals surface area contributed by atoms with E-state index in [0.29, 0.717) is 12.1 Å². The van der Waals surface area contributed by atoms with E-state index in [2.05, 4.69) is 62.7 Å². The fraction of sp³-hybridized carbons (Fsp3) is 0.520. The molecule has 168 valence electrons. The van der Waals surface area contributed by atoms with Gasteiger partial charge in [0.1, 0.15) is 16.6 Å². The zero-order chi connectivity index (χ0) is 21.8. The van der Waals surface area contributed by atoms with Crippen molar-refractivity contribution in [1.82, 2.24) is 24.6 Å². The minimum Gasteiger partial charge on any atom is -0.355 e. The number of aromatic nitrogens is 3.